The largest absolute Gasteiger partial charge is 0.303 e. The Morgan fingerprint density at radius 2 is 2.25 bits per heavy atom. The second-order valence-electron chi connectivity index (χ2n) is 4.14. The molecule has 2 aliphatic rings. The van der Waals surface area contributed by atoms with E-state index in [1.807, 2.05) is 0 Å². The van der Waals surface area contributed by atoms with E-state index in [-0.39, 0.29) is 0 Å². The molecule has 1 fully saturated rings. The van der Waals surface area contributed by atoms with Gasteiger partial charge < -0.3 is 4.79 Å². The highest BCUT2D eigenvalue weighted by atomic mass is 16.1. The third-order valence-corrected chi connectivity index (χ3v) is 3.31. The fourth-order valence-electron chi connectivity index (χ4n) is 2.69. The van der Waals surface area contributed by atoms with Crippen molar-refractivity contribution in [3.8, 4) is 0 Å². The van der Waals surface area contributed by atoms with Crippen LogP contribution in [0.4, 0.5) is 0 Å². The van der Waals surface area contributed by atoms with Crippen LogP contribution in [0.2, 0.25) is 0 Å². The van der Waals surface area contributed by atoms with Crippen LogP contribution in [0.3, 0.4) is 0 Å². The van der Waals surface area contributed by atoms with Gasteiger partial charge in [0.2, 0.25) is 0 Å². The minimum Gasteiger partial charge on any atom is -0.303 e. The smallest absolute Gasteiger partial charge is 0.119 e. The summed E-state index contributed by atoms with van der Waals surface area (Å²) in [5.41, 5.74) is 0. The van der Waals surface area contributed by atoms with E-state index in [1.54, 1.807) is 0 Å². The summed E-state index contributed by atoms with van der Waals surface area (Å²) in [5, 5.41) is 0. The minimum absolute atomic E-state index is 0.762. The molecule has 66 valence electrons. The lowest BCUT2D eigenvalue weighted by Gasteiger charge is -2.16. The molecule has 1 saturated carbocycles. The molecule has 2 rings (SSSR count). The number of carbonyl (C=O) groups is 1. The van der Waals surface area contributed by atoms with Gasteiger partial charge in [0, 0.05) is 6.42 Å². The molecule has 1 nitrogen and oxygen atoms in total. The summed E-state index contributed by atoms with van der Waals surface area (Å²) in [6.07, 6.45) is 11.7. The fraction of sp³-hybridized carbons (Fsp3) is 0.727. The highest BCUT2D eigenvalue weighted by Gasteiger charge is 2.34. The monoisotopic (exact) mass is 164 g/mol. The van der Waals surface area contributed by atoms with E-state index in [1.165, 1.54) is 19.3 Å². The highest BCUT2D eigenvalue weighted by molar-refractivity contribution is 5.48. The summed E-state index contributed by atoms with van der Waals surface area (Å²) in [4.78, 5) is 10.1. The average Bonchev–Trinajstić information content (AvgIpc) is 2.65. The van der Waals surface area contributed by atoms with E-state index in [4.69, 9.17) is 0 Å². The van der Waals surface area contributed by atoms with E-state index in [0.717, 1.165) is 36.9 Å². The van der Waals surface area contributed by atoms with Gasteiger partial charge in [-0.2, -0.15) is 0 Å². The zero-order valence-corrected chi connectivity index (χ0v) is 7.41. The van der Waals surface area contributed by atoms with Crippen molar-refractivity contribution in [3.63, 3.8) is 0 Å². The molecule has 0 saturated heterocycles. The molecule has 0 aromatic carbocycles. The number of rotatable bonds is 4. The van der Waals surface area contributed by atoms with Gasteiger partial charge in [-0.3, -0.25) is 0 Å². The lowest BCUT2D eigenvalue weighted by molar-refractivity contribution is -0.108. The van der Waals surface area contributed by atoms with Gasteiger partial charge in [-0.05, 0) is 43.4 Å². The quantitative estimate of drug-likeness (QED) is 0.354. The first kappa shape index (κ1) is 8.03. The lowest BCUT2D eigenvalue weighted by atomic mass is 9.89. The molecule has 3 unspecified atom stereocenters. The molecule has 3 atom stereocenters. The second-order valence-corrected chi connectivity index (χ2v) is 4.14. The van der Waals surface area contributed by atoms with Crippen molar-refractivity contribution in [2.75, 3.05) is 0 Å². The predicted octanol–water partition coefficient (Wildman–Crippen LogP) is 2.57. The normalized spacial score (nSPS) is 37.5. The van der Waals surface area contributed by atoms with Crippen molar-refractivity contribution < 1.29 is 4.79 Å². The van der Waals surface area contributed by atoms with Crippen molar-refractivity contribution in [2.24, 2.45) is 17.8 Å². The lowest BCUT2D eigenvalue weighted by Crippen LogP contribution is -2.06. The van der Waals surface area contributed by atoms with Gasteiger partial charge in [-0.25, -0.2) is 0 Å². The Labute approximate surface area is 73.8 Å². The van der Waals surface area contributed by atoms with Crippen LogP contribution in [0.25, 0.3) is 0 Å². The summed E-state index contributed by atoms with van der Waals surface area (Å²) in [6.45, 7) is 0. The van der Waals surface area contributed by atoms with Crippen LogP contribution in [0.1, 0.15) is 32.1 Å². The Hall–Kier alpha value is -0.590. The van der Waals surface area contributed by atoms with Crippen LogP contribution in [-0.2, 0) is 4.79 Å². The van der Waals surface area contributed by atoms with Gasteiger partial charge in [0.05, 0.1) is 0 Å². The predicted molar refractivity (Wildman–Crippen MR) is 48.8 cm³/mol. The maximum atomic E-state index is 10.1. The van der Waals surface area contributed by atoms with Crippen LogP contribution >= 0.6 is 0 Å². The zero-order valence-electron chi connectivity index (χ0n) is 7.41. The van der Waals surface area contributed by atoms with E-state index in [9.17, 15) is 4.79 Å². The minimum atomic E-state index is 0.762. The van der Waals surface area contributed by atoms with Gasteiger partial charge in [-0.1, -0.05) is 12.2 Å². The molecule has 0 aromatic heterocycles. The van der Waals surface area contributed by atoms with Crippen LogP contribution < -0.4 is 0 Å². The van der Waals surface area contributed by atoms with Crippen molar-refractivity contribution in [1.82, 2.24) is 0 Å². The number of unbranched alkanes of at least 4 members (excludes halogenated alkanes) is 1. The maximum absolute atomic E-state index is 10.1. The summed E-state index contributed by atoms with van der Waals surface area (Å²) < 4.78 is 0. The van der Waals surface area contributed by atoms with Crippen molar-refractivity contribution in [3.05, 3.63) is 12.2 Å². The summed E-state index contributed by atoms with van der Waals surface area (Å²) in [7, 11) is 0. The number of hydrogen-bond acceptors (Lipinski definition) is 1. The molecule has 0 aliphatic heterocycles. The Kier molecular flexibility index (Phi) is 2.29. The zero-order chi connectivity index (χ0) is 8.39. The fourth-order valence-corrected chi connectivity index (χ4v) is 2.69. The van der Waals surface area contributed by atoms with E-state index in [0.29, 0.717) is 0 Å². The van der Waals surface area contributed by atoms with Crippen molar-refractivity contribution in [2.45, 2.75) is 32.1 Å². The Morgan fingerprint density at radius 1 is 1.33 bits per heavy atom. The molecule has 0 amide bonds. The van der Waals surface area contributed by atoms with Gasteiger partial charge >= 0.3 is 0 Å². The van der Waals surface area contributed by atoms with Crippen LogP contribution in [0.5, 0.6) is 0 Å². The number of fused-ring (bicyclic) bond motifs is 2. The standard InChI is InChI=1S/C11H16O/c12-6-2-1-3-10-7-9-4-5-11(10)8-9/h4-6,9-11H,1-3,7-8H2. The molecule has 2 aliphatic carbocycles. The van der Waals surface area contributed by atoms with Gasteiger partial charge in [0.1, 0.15) is 6.29 Å². The summed E-state index contributed by atoms with van der Waals surface area (Å²) in [6, 6.07) is 0. The first-order valence-corrected chi connectivity index (χ1v) is 5.02. The maximum Gasteiger partial charge on any atom is 0.119 e. The van der Waals surface area contributed by atoms with E-state index in [2.05, 4.69) is 12.2 Å². The number of carbonyl (C=O) groups excluding carboxylic acids is 1. The Morgan fingerprint density at radius 3 is 2.83 bits per heavy atom. The second kappa shape index (κ2) is 3.42. The summed E-state index contributed by atoms with van der Waals surface area (Å²) in [5.74, 6) is 2.65. The van der Waals surface area contributed by atoms with Crippen LogP contribution in [0.15, 0.2) is 12.2 Å². The number of hydrogen-bond donors (Lipinski definition) is 0. The molecule has 1 heteroatoms. The molecule has 0 aromatic rings. The van der Waals surface area contributed by atoms with Gasteiger partial charge in [0.25, 0.3) is 0 Å². The summed E-state index contributed by atoms with van der Waals surface area (Å²) >= 11 is 0. The molecule has 0 spiro atoms. The van der Waals surface area contributed by atoms with Crippen molar-refractivity contribution in [1.29, 1.82) is 0 Å². The Balaban J connectivity index is 1.76. The molecule has 0 heterocycles. The Bertz CT molecular complexity index is 195. The SMILES string of the molecule is O=CCCCC1CC2C=CC1C2. The molecule has 2 bridgehead atoms. The highest BCUT2D eigenvalue weighted by Crippen LogP contribution is 2.45. The van der Waals surface area contributed by atoms with Gasteiger partial charge in [-0.15, -0.1) is 0 Å². The molecular weight excluding hydrogens is 148 g/mol. The molecule has 0 N–H and O–H groups in total. The van der Waals surface area contributed by atoms with E-state index < -0.39 is 0 Å². The average molecular weight is 164 g/mol. The third-order valence-electron chi connectivity index (χ3n) is 3.31. The van der Waals surface area contributed by atoms with Crippen molar-refractivity contribution >= 4 is 6.29 Å². The number of allylic oxidation sites excluding steroid dienone is 2. The van der Waals surface area contributed by atoms with Gasteiger partial charge in [0.15, 0.2) is 0 Å². The van der Waals surface area contributed by atoms with Crippen LogP contribution in [0, 0.1) is 17.8 Å². The molecular formula is C11H16O. The molecule has 12 heavy (non-hydrogen) atoms. The first-order chi connectivity index (χ1) is 5.90. The molecule has 0 radical (unpaired) electrons. The van der Waals surface area contributed by atoms with Crippen LogP contribution in [-0.4, -0.2) is 6.29 Å². The topological polar surface area (TPSA) is 17.1 Å². The van der Waals surface area contributed by atoms with E-state index >= 15 is 0 Å². The first-order valence-electron chi connectivity index (χ1n) is 5.02. The third kappa shape index (κ3) is 1.45. The number of aldehydes is 1.